The van der Waals surface area contributed by atoms with Gasteiger partial charge in [-0.15, -0.1) is 0 Å². The van der Waals surface area contributed by atoms with Crippen LogP contribution in [0.3, 0.4) is 0 Å². The Morgan fingerprint density at radius 1 is 0.913 bits per heavy atom. The average molecular weight is 377 g/mol. The van der Waals surface area contributed by atoms with Crippen LogP contribution in [0.4, 0.5) is 0 Å². The lowest BCUT2D eigenvalue weighted by Gasteiger charge is -2.09. The minimum atomic E-state index is -0.545. The number of carbonyl (C=O) groups excluding carboxylic acids is 3. The van der Waals surface area contributed by atoms with E-state index in [2.05, 4.69) is 31.5 Å². The molecule has 23 heavy (non-hydrogen) atoms. The second kappa shape index (κ2) is 7.55. The molecule has 0 heterocycles. The number of halogens is 1. The lowest BCUT2D eigenvalue weighted by molar-refractivity contribution is 0.0600. The molecule has 0 aliphatic rings. The van der Waals surface area contributed by atoms with Gasteiger partial charge in [-0.3, -0.25) is 20.4 Å². The molecule has 118 valence electrons. The van der Waals surface area contributed by atoms with Crippen LogP contribution >= 0.6 is 15.9 Å². The Labute approximate surface area is 140 Å². The summed E-state index contributed by atoms with van der Waals surface area (Å²) in [7, 11) is 1.26. The van der Waals surface area contributed by atoms with Gasteiger partial charge in [-0.05, 0) is 46.3 Å². The van der Waals surface area contributed by atoms with Crippen molar-refractivity contribution in [3.05, 3.63) is 69.7 Å². The van der Waals surface area contributed by atoms with E-state index in [-0.39, 0.29) is 11.1 Å². The topological polar surface area (TPSA) is 84.5 Å². The predicted octanol–water partition coefficient (Wildman–Crippen LogP) is 2.31. The maximum Gasteiger partial charge on any atom is 0.337 e. The van der Waals surface area contributed by atoms with Crippen molar-refractivity contribution in [2.24, 2.45) is 0 Å². The van der Waals surface area contributed by atoms with Crippen LogP contribution in [0.25, 0.3) is 0 Å². The number of rotatable bonds is 3. The fourth-order valence-corrected chi connectivity index (χ4v) is 2.27. The van der Waals surface area contributed by atoms with Crippen LogP contribution in [-0.4, -0.2) is 24.9 Å². The first-order valence-electron chi connectivity index (χ1n) is 6.56. The van der Waals surface area contributed by atoms with Crippen molar-refractivity contribution in [2.45, 2.75) is 0 Å². The van der Waals surface area contributed by atoms with Crippen LogP contribution in [-0.2, 0) is 4.74 Å². The monoisotopic (exact) mass is 376 g/mol. The van der Waals surface area contributed by atoms with Gasteiger partial charge in [0.25, 0.3) is 11.8 Å². The normalized spacial score (nSPS) is 9.83. The Hall–Kier alpha value is -2.67. The zero-order valence-corrected chi connectivity index (χ0v) is 13.7. The lowest BCUT2D eigenvalue weighted by atomic mass is 10.1. The molecule has 2 amide bonds. The number of hydrogen-bond acceptors (Lipinski definition) is 4. The molecule has 0 atom stereocenters. The fraction of sp³-hybridized carbons (Fsp3) is 0.0625. The van der Waals surface area contributed by atoms with Crippen LogP contribution in [0.2, 0.25) is 0 Å². The first-order valence-corrected chi connectivity index (χ1v) is 7.36. The molecule has 0 saturated heterocycles. The van der Waals surface area contributed by atoms with E-state index in [9.17, 15) is 14.4 Å². The standard InChI is InChI=1S/C16H13BrN2O4/c1-23-16(22)11-6-4-5-10(9-11)14(20)18-19-15(21)12-7-2-3-8-13(12)17/h2-9H,1H3,(H,18,20)(H,19,21). The minimum absolute atomic E-state index is 0.223. The number of hydrazine groups is 1. The van der Waals surface area contributed by atoms with Crippen molar-refractivity contribution in [1.82, 2.24) is 10.9 Å². The van der Waals surface area contributed by atoms with Crippen LogP contribution < -0.4 is 10.9 Å². The van der Waals surface area contributed by atoms with Gasteiger partial charge in [0, 0.05) is 10.0 Å². The highest BCUT2D eigenvalue weighted by atomic mass is 79.9. The molecule has 0 aromatic heterocycles. The smallest absolute Gasteiger partial charge is 0.337 e. The van der Waals surface area contributed by atoms with Crippen LogP contribution in [0.15, 0.2) is 53.0 Å². The predicted molar refractivity (Wildman–Crippen MR) is 86.9 cm³/mol. The van der Waals surface area contributed by atoms with Gasteiger partial charge in [-0.2, -0.15) is 0 Å². The van der Waals surface area contributed by atoms with E-state index in [4.69, 9.17) is 0 Å². The number of methoxy groups -OCH3 is 1. The summed E-state index contributed by atoms with van der Waals surface area (Å²) in [5, 5.41) is 0. The van der Waals surface area contributed by atoms with Crippen LogP contribution in [0.5, 0.6) is 0 Å². The number of nitrogens with one attached hydrogen (secondary N) is 2. The summed E-state index contributed by atoms with van der Waals surface area (Å²) < 4.78 is 5.21. The highest BCUT2D eigenvalue weighted by Crippen LogP contribution is 2.15. The lowest BCUT2D eigenvalue weighted by Crippen LogP contribution is -2.41. The van der Waals surface area contributed by atoms with Gasteiger partial charge < -0.3 is 4.74 Å². The van der Waals surface area contributed by atoms with E-state index in [0.29, 0.717) is 10.0 Å². The molecule has 7 heteroatoms. The zero-order valence-electron chi connectivity index (χ0n) is 12.1. The van der Waals surface area contributed by atoms with Gasteiger partial charge >= 0.3 is 5.97 Å². The third-order valence-corrected chi connectivity index (χ3v) is 3.65. The second-order valence-electron chi connectivity index (χ2n) is 4.46. The van der Waals surface area contributed by atoms with Crippen molar-refractivity contribution < 1.29 is 19.1 Å². The van der Waals surface area contributed by atoms with Crippen LogP contribution in [0.1, 0.15) is 31.1 Å². The van der Waals surface area contributed by atoms with Gasteiger partial charge in [0.05, 0.1) is 18.2 Å². The first-order chi connectivity index (χ1) is 11.0. The number of ether oxygens (including phenoxy) is 1. The summed E-state index contributed by atoms with van der Waals surface area (Å²) in [4.78, 5) is 35.5. The van der Waals surface area contributed by atoms with Gasteiger partial charge in [-0.25, -0.2) is 4.79 Å². The van der Waals surface area contributed by atoms with E-state index in [1.807, 2.05) is 0 Å². The zero-order chi connectivity index (χ0) is 16.8. The van der Waals surface area contributed by atoms with Crippen molar-refractivity contribution in [1.29, 1.82) is 0 Å². The number of benzene rings is 2. The molecule has 0 unspecified atom stereocenters. The third-order valence-electron chi connectivity index (χ3n) is 2.95. The third kappa shape index (κ3) is 4.17. The largest absolute Gasteiger partial charge is 0.465 e. The molecule has 2 aromatic rings. The molecule has 0 saturated carbocycles. The molecule has 6 nitrogen and oxygen atoms in total. The Bertz CT molecular complexity index is 761. The van der Waals surface area contributed by atoms with E-state index in [0.717, 1.165) is 0 Å². The fourth-order valence-electron chi connectivity index (χ4n) is 1.80. The average Bonchev–Trinajstić information content (AvgIpc) is 2.59. The van der Waals surface area contributed by atoms with Crippen molar-refractivity contribution in [2.75, 3.05) is 7.11 Å². The molecule has 2 N–H and O–H groups in total. The molecule has 0 radical (unpaired) electrons. The molecule has 0 fully saturated rings. The second-order valence-corrected chi connectivity index (χ2v) is 5.31. The Kier molecular flexibility index (Phi) is 5.48. The maximum atomic E-state index is 12.0. The van der Waals surface area contributed by atoms with E-state index < -0.39 is 17.8 Å². The number of carbonyl (C=O) groups is 3. The van der Waals surface area contributed by atoms with Crippen molar-refractivity contribution >= 4 is 33.7 Å². The van der Waals surface area contributed by atoms with Gasteiger partial charge in [0.15, 0.2) is 0 Å². The molecule has 0 aliphatic carbocycles. The SMILES string of the molecule is COC(=O)c1cccc(C(=O)NNC(=O)c2ccccc2Br)c1. The van der Waals surface area contributed by atoms with Gasteiger partial charge in [0.2, 0.25) is 0 Å². The Morgan fingerprint density at radius 2 is 1.57 bits per heavy atom. The van der Waals surface area contributed by atoms with E-state index >= 15 is 0 Å². The highest BCUT2D eigenvalue weighted by Gasteiger charge is 2.13. The summed E-state index contributed by atoms with van der Waals surface area (Å²) >= 11 is 3.26. The number of amides is 2. The molecule has 0 aliphatic heterocycles. The summed E-state index contributed by atoms with van der Waals surface area (Å²) in [5.41, 5.74) is 5.47. The molecule has 2 aromatic carbocycles. The summed E-state index contributed by atoms with van der Waals surface area (Å²) in [5.74, 6) is -1.55. The summed E-state index contributed by atoms with van der Waals surface area (Å²) in [6.45, 7) is 0. The Morgan fingerprint density at radius 3 is 2.26 bits per heavy atom. The molecular formula is C16H13BrN2O4. The summed E-state index contributed by atoms with van der Waals surface area (Å²) in [6.07, 6.45) is 0. The Balaban J connectivity index is 2.04. The number of esters is 1. The van der Waals surface area contributed by atoms with E-state index in [1.165, 1.54) is 25.3 Å². The number of hydrogen-bond donors (Lipinski definition) is 2. The quantitative estimate of drug-likeness (QED) is 0.635. The minimum Gasteiger partial charge on any atom is -0.465 e. The first kappa shape index (κ1) is 16.7. The van der Waals surface area contributed by atoms with Gasteiger partial charge in [0.1, 0.15) is 0 Å². The molecule has 0 spiro atoms. The van der Waals surface area contributed by atoms with Crippen molar-refractivity contribution in [3.63, 3.8) is 0 Å². The van der Waals surface area contributed by atoms with Crippen molar-refractivity contribution in [3.8, 4) is 0 Å². The molecular weight excluding hydrogens is 364 g/mol. The highest BCUT2D eigenvalue weighted by molar-refractivity contribution is 9.10. The molecule has 2 rings (SSSR count). The summed E-state index contributed by atoms with van der Waals surface area (Å²) in [6, 6.07) is 12.8. The maximum absolute atomic E-state index is 12.0. The van der Waals surface area contributed by atoms with Crippen LogP contribution in [0, 0.1) is 0 Å². The van der Waals surface area contributed by atoms with Gasteiger partial charge in [-0.1, -0.05) is 18.2 Å². The van der Waals surface area contributed by atoms with E-state index in [1.54, 1.807) is 30.3 Å². The molecule has 0 bridgehead atoms.